The van der Waals surface area contributed by atoms with Crippen LogP contribution in [0.5, 0.6) is 0 Å². The molecule has 0 saturated heterocycles. The highest BCUT2D eigenvalue weighted by molar-refractivity contribution is 5.77. The number of benzene rings is 1. The Labute approximate surface area is 139 Å². The van der Waals surface area contributed by atoms with Crippen LogP contribution in [0.15, 0.2) is 42.7 Å². The van der Waals surface area contributed by atoms with E-state index >= 15 is 0 Å². The third kappa shape index (κ3) is 3.34. The molecule has 0 bridgehead atoms. The summed E-state index contributed by atoms with van der Waals surface area (Å²) in [5.41, 5.74) is 1.65. The van der Waals surface area contributed by atoms with E-state index < -0.39 is 12.0 Å². The first-order chi connectivity index (χ1) is 11.5. The van der Waals surface area contributed by atoms with Crippen LogP contribution in [0, 0.1) is 5.92 Å². The highest BCUT2D eigenvalue weighted by atomic mass is 16.4. The van der Waals surface area contributed by atoms with Crippen molar-refractivity contribution in [3.8, 4) is 11.3 Å². The van der Waals surface area contributed by atoms with Gasteiger partial charge in [0.15, 0.2) is 0 Å². The summed E-state index contributed by atoms with van der Waals surface area (Å²) in [6.45, 7) is 3.98. The molecule has 124 valence electrons. The zero-order chi connectivity index (χ0) is 17.1. The zero-order valence-electron chi connectivity index (χ0n) is 13.5. The van der Waals surface area contributed by atoms with Crippen molar-refractivity contribution in [1.29, 1.82) is 0 Å². The lowest BCUT2D eigenvalue weighted by molar-refractivity contribution is -0.138. The molecule has 7 heteroatoms. The van der Waals surface area contributed by atoms with E-state index in [2.05, 4.69) is 20.4 Å². The van der Waals surface area contributed by atoms with Gasteiger partial charge in [0.25, 0.3) is 5.78 Å². The number of aliphatic carboxylic acids is 1. The van der Waals surface area contributed by atoms with Crippen LogP contribution in [0.4, 0.5) is 5.82 Å². The standard InChI is InChI=1S/C17H19N5O2/c1-11(2)8-14(16(23)24)20-15-9-13(12-6-4-3-5-7-12)21-17-18-10-19-22(15)17/h3-7,9-11,14,20H,8H2,1-2H3,(H,23,24). The number of carboxylic acids is 1. The molecule has 0 aliphatic carbocycles. The van der Waals surface area contributed by atoms with Crippen molar-refractivity contribution in [2.24, 2.45) is 5.92 Å². The molecule has 0 fully saturated rings. The van der Waals surface area contributed by atoms with Crippen molar-refractivity contribution < 1.29 is 9.90 Å². The summed E-state index contributed by atoms with van der Waals surface area (Å²) in [6.07, 6.45) is 1.91. The number of fused-ring (bicyclic) bond motifs is 1. The molecule has 0 aliphatic heterocycles. The predicted octanol–water partition coefficient (Wildman–Crippen LogP) is 2.70. The molecule has 1 atom stereocenters. The van der Waals surface area contributed by atoms with Crippen molar-refractivity contribution in [3.05, 3.63) is 42.7 Å². The van der Waals surface area contributed by atoms with Crippen LogP contribution < -0.4 is 5.32 Å². The van der Waals surface area contributed by atoms with E-state index in [1.54, 1.807) is 6.07 Å². The molecule has 1 aromatic carbocycles. The van der Waals surface area contributed by atoms with Gasteiger partial charge < -0.3 is 10.4 Å². The summed E-state index contributed by atoms with van der Waals surface area (Å²) < 4.78 is 1.52. The van der Waals surface area contributed by atoms with Crippen molar-refractivity contribution in [1.82, 2.24) is 19.6 Å². The molecule has 0 aliphatic rings. The van der Waals surface area contributed by atoms with Crippen LogP contribution in [0.3, 0.4) is 0 Å². The van der Waals surface area contributed by atoms with Crippen LogP contribution in [-0.4, -0.2) is 36.7 Å². The summed E-state index contributed by atoms with van der Waals surface area (Å²) in [5.74, 6) is 0.340. The number of rotatable bonds is 6. The molecule has 0 amide bonds. The number of nitrogens with one attached hydrogen (secondary N) is 1. The van der Waals surface area contributed by atoms with Crippen LogP contribution in [0.25, 0.3) is 17.0 Å². The normalized spacial score (nSPS) is 12.5. The fourth-order valence-electron chi connectivity index (χ4n) is 2.54. The Morgan fingerprint density at radius 1 is 1.29 bits per heavy atom. The fraction of sp³-hybridized carbons (Fsp3) is 0.294. The first-order valence-electron chi connectivity index (χ1n) is 7.80. The Kier molecular flexibility index (Phi) is 4.41. The number of carboxylic acid groups (broad SMARTS) is 1. The molecule has 3 rings (SSSR count). The molecule has 0 radical (unpaired) electrons. The topological polar surface area (TPSA) is 92.4 Å². The summed E-state index contributed by atoms with van der Waals surface area (Å²) >= 11 is 0. The SMILES string of the molecule is CC(C)CC(Nc1cc(-c2ccccc2)nc2ncnn12)C(=O)O. The largest absolute Gasteiger partial charge is 0.480 e. The Morgan fingerprint density at radius 3 is 2.71 bits per heavy atom. The molecule has 2 heterocycles. The van der Waals surface area contributed by atoms with E-state index in [0.29, 0.717) is 23.7 Å². The maximum absolute atomic E-state index is 11.5. The monoisotopic (exact) mass is 325 g/mol. The van der Waals surface area contributed by atoms with Gasteiger partial charge in [0, 0.05) is 11.6 Å². The smallest absolute Gasteiger partial charge is 0.326 e. The molecule has 1 unspecified atom stereocenters. The molecule has 2 aromatic heterocycles. The number of nitrogens with zero attached hydrogens (tertiary/aromatic N) is 4. The minimum atomic E-state index is -0.893. The van der Waals surface area contributed by atoms with E-state index in [1.807, 2.05) is 44.2 Å². The Bertz CT molecular complexity index is 845. The van der Waals surface area contributed by atoms with E-state index in [1.165, 1.54) is 10.8 Å². The number of aromatic nitrogens is 4. The fourth-order valence-corrected chi connectivity index (χ4v) is 2.54. The quantitative estimate of drug-likeness (QED) is 0.724. The van der Waals surface area contributed by atoms with Gasteiger partial charge in [-0.3, -0.25) is 0 Å². The van der Waals surface area contributed by atoms with Gasteiger partial charge in [-0.25, -0.2) is 9.78 Å². The van der Waals surface area contributed by atoms with Gasteiger partial charge in [-0.1, -0.05) is 44.2 Å². The molecular weight excluding hydrogens is 306 g/mol. The molecule has 3 aromatic rings. The molecular formula is C17H19N5O2. The lowest BCUT2D eigenvalue weighted by atomic mass is 10.0. The van der Waals surface area contributed by atoms with Gasteiger partial charge in [0.1, 0.15) is 18.2 Å². The highest BCUT2D eigenvalue weighted by Crippen LogP contribution is 2.22. The molecule has 7 nitrogen and oxygen atoms in total. The lowest BCUT2D eigenvalue weighted by Crippen LogP contribution is -2.31. The van der Waals surface area contributed by atoms with Crippen molar-refractivity contribution in [3.63, 3.8) is 0 Å². The van der Waals surface area contributed by atoms with Gasteiger partial charge in [-0.15, -0.1) is 0 Å². The van der Waals surface area contributed by atoms with Gasteiger partial charge >= 0.3 is 5.97 Å². The molecule has 24 heavy (non-hydrogen) atoms. The highest BCUT2D eigenvalue weighted by Gasteiger charge is 2.21. The Hall–Kier alpha value is -2.96. The molecule has 2 N–H and O–H groups in total. The van der Waals surface area contributed by atoms with E-state index in [0.717, 1.165) is 5.56 Å². The third-order valence-corrected chi connectivity index (χ3v) is 3.65. The van der Waals surface area contributed by atoms with Gasteiger partial charge in [-0.05, 0) is 12.3 Å². The second kappa shape index (κ2) is 6.66. The Balaban J connectivity index is 2.03. The van der Waals surface area contributed by atoms with Gasteiger partial charge in [-0.2, -0.15) is 14.6 Å². The van der Waals surface area contributed by atoms with Gasteiger partial charge in [0.2, 0.25) is 0 Å². The van der Waals surface area contributed by atoms with Crippen molar-refractivity contribution >= 4 is 17.6 Å². The zero-order valence-corrected chi connectivity index (χ0v) is 13.5. The minimum absolute atomic E-state index is 0.250. The average molecular weight is 325 g/mol. The number of carbonyl (C=O) groups is 1. The first kappa shape index (κ1) is 15.9. The summed E-state index contributed by atoms with van der Waals surface area (Å²) in [4.78, 5) is 20.2. The maximum Gasteiger partial charge on any atom is 0.326 e. The Morgan fingerprint density at radius 2 is 2.04 bits per heavy atom. The average Bonchev–Trinajstić information content (AvgIpc) is 3.03. The minimum Gasteiger partial charge on any atom is -0.480 e. The van der Waals surface area contributed by atoms with Crippen molar-refractivity contribution in [2.45, 2.75) is 26.3 Å². The van der Waals surface area contributed by atoms with Crippen molar-refractivity contribution in [2.75, 3.05) is 5.32 Å². The third-order valence-electron chi connectivity index (χ3n) is 3.65. The van der Waals surface area contributed by atoms with Gasteiger partial charge in [0.05, 0.1) is 5.69 Å². The van der Waals surface area contributed by atoms with E-state index in [4.69, 9.17) is 0 Å². The second-order valence-electron chi connectivity index (χ2n) is 6.03. The summed E-state index contributed by atoms with van der Waals surface area (Å²) in [7, 11) is 0. The van der Waals surface area contributed by atoms with Crippen LogP contribution in [0.1, 0.15) is 20.3 Å². The number of hydrogen-bond donors (Lipinski definition) is 2. The summed E-state index contributed by atoms with van der Waals surface area (Å²) in [6, 6.07) is 10.8. The molecule has 0 spiro atoms. The number of hydrogen-bond acceptors (Lipinski definition) is 5. The maximum atomic E-state index is 11.5. The van der Waals surface area contributed by atoms with E-state index in [9.17, 15) is 9.90 Å². The lowest BCUT2D eigenvalue weighted by Gasteiger charge is -2.18. The predicted molar refractivity (Wildman–Crippen MR) is 90.7 cm³/mol. The first-order valence-corrected chi connectivity index (χ1v) is 7.80. The summed E-state index contributed by atoms with van der Waals surface area (Å²) in [5, 5.41) is 16.7. The van der Waals surface area contributed by atoms with E-state index in [-0.39, 0.29) is 5.92 Å². The van der Waals surface area contributed by atoms with Crippen LogP contribution >= 0.6 is 0 Å². The second-order valence-corrected chi connectivity index (χ2v) is 6.03. The van der Waals surface area contributed by atoms with Crippen LogP contribution in [-0.2, 0) is 4.79 Å². The van der Waals surface area contributed by atoms with Crippen LogP contribution in [0.2, 0.25) is 0 Å². The number of anilines is 1. The molecule has 0 saturated carbocycles.